The van der Waals surface area contributed by atoms with E-state index in [0.29, 0.717) is 12.8 Å². The van der Waals surface area contributed by atoms with Gasteiger partial charge in [-0.3, -0.25) is 9.59 Å². The van der Waals surface area contributed by atoms with Crippen LogP contribution in [0.2, 0.25) is 0 Å². The first kappa shape index (κ1) is 63.3. The third-order valence-electron chi connectivity index (χ3n) is 12.5. The minimum Gasteiger partial charge on any atom is -0.462 e. The lowest BCUT2D eigenvalue weighted by Gasteiger charge is -2.15. The Labute approximate surface area is 410 Å². The van der Waals surface area contributed by atoms with Crippen molar-refractivity contribution in [1.82, 2.24) is 0 Å². The van der Waals surface area contributed by atoms with Crippen molar-refractivity contribution in [3.8, 4) is 0 Å². The molecule has 1 N–H and O–H groups in total. The molecule has 0 saturated heterocycles. The molecule has 0 aliphatic rings. The molecule has 0 amide bonds. The summed E-state index contributed by atoms with van der Waals surface area (Å²) in [7, 11) is 0. The molecule has 0 aromatic heterocycles. The van der Waals surface area contributed by atoms with Gasteiger partial charge in [0.1, 0.15) is 6.61 Å². The summed E-state index contributed by atoms with van der Waals surface area (Å²) in [4.78, 5) is 24.4. The third kappa shape index (κ3) is 54.0. The minimum absolute atomic E-state index is 0.0746. The van der Waals surface area contributed by atoms with E-state index in [0.717, 1.165) is 83.5 Å². The summed E-state index contributed by atoms with van der Waals surface area (Å²) in [6, 6.07) is 0. The van der Waals surface area contributed by atoms with Crippen LogP contribution in [-0.4, -0.2) is 36.4 Å². The van der Waals surface area contributed by atoms with Crippen molar-refractivity contribution >= 4 is 11.9 Å². The van der Waals surface area contributed by atoms with E-state index in [4.69, 9.17) is 9.47 Å². The molecule has 0 aromatic rings. The van der Waals surface area contributed by atoms with Crippen LogP contribution in [0.4, 0.5) is 0 Å². The van der Waals surface area contributed by atoms with Gasteiger partial charge in [0.15, 0.2) is 6.10 Å². The Morgan fingerprint density at radius 1 is 0.364 bits per heavy atom. The summed E-state index contributed by atoms with van der Waals surface area (Å²) in [5.74, 6) is -0.603. The average molecular weight is 922 g/mol. The summed E-state index contributed by atoms with van der Waals surface area (Å²) < 4.78 is 10.7. The molecule has 0 aliphatic carbocycles. The smallest absolute Gasteiger partial charge is 0.306 e. The highest BCUT2D eigenvalue weighted by Crippen LogP contribution is 2.17. The van der Waals surface area contributed by atoms with E-state index >= 15 is 0 Å². The number of carbonyl (C=O) groups excluding carboxylic acids is 2. The highest BCUT2D eigenvalue weighted by molar-refractivity contribution is 5.70. The van der Waals surface area contributed by atoms with Crippen LogP contribution in [0.1, 0.15) is 284 Å². The molecule has 0 saturated carbocycles. The Morgan fingerprint density at radius 2 is 0.652 bits per heavy atom. The number of esters is 2. The second kappa shape index (κ2) is 56.7. The van der Waals surface area contributed by atoms with Gasteiger partial charge in [0.05, 0.1) is 6.61 Å². The number of unbranched alkanes of at least 4 members (excludes halogenated alkanes) is 32. The number of carbonyl (C=O) groups is 2. The molecule has 66 heavy (non-hydrogen) atoms. The maximum atomic E-state index is 12.3. The molecular formula is C61H108O5. The van der Waals surface area contributed by atoms with Crippen LogP contribution in [0.5, 0.6) is 0 Å². The molecule has 5 nitrogen and oxygen atoms in total. The maximum absolute atomic E-state index is 12.3. The molecular weight excluding hydrogens is 813 g/mol. The van der Waals surface area contributed by atoms with Crippen molar-refractivity contribution in [1.29, 1.82) is 0 Å². The van der Waals surface area contributed by atoms with E-state index in [2.05, 4.69) is 86.8 Å². The van der Waals surface area contributed by atoms with E-state index in [1.54, 1.807) is 0 Å². The normalized spacial score (nSPS) is 12.7. The molecule has 0 rings (SSSR count). The third-order valence-corrected chi connectivity index (χ3v) is 12.5. The molecule has 1 atom stereocenters. The fourth-order valence-corrected chi connectivity index (χ4v) is 8.23. The summed E-state index contributed by atoms with van der Waals surface area (Å²) in [6.45, 7) is 4.02. The Bertz CT molecular complexity index is 1180. The van der Waals surface area contributed by atoms with E-state index in [1.165, 1.54) is 173 Å². The first-order valence-corrected chi connectivity index (χ1v) is 28.5. The Kier molecular flexibility index (Phi) is 54.4. The summed E-state index contributed by atoms with van der Waals surface area (Å²) in [6.07, 6.45) is 77.5. The SMILES string of the molecule is CC/C=C\C/C=C\C/C=C\CCCCCCCC(=O)OCC(CO)OC(=O)CCCCCCCCCCCCCCCCCCCCCCCC/C=C\C/C=C\C/C=C\CCCCCCC. The predicted molar refractivity (Wildman–Crippen MR) is 288 cm³/mol. The number of hydrogen-bond acceptors (Lipinski definition) is 5. The van der Waals surface area contributed by atoms with Gasteiger partial charge in [-0.15, -0.1) is 0 Å². The van der Waals surface area contributed by atoms with E-state index in [9.17, 15) is 14.7 Å². The molecule has 382 valence electrons. The van der Waals surface area contributed by atoms with Crippen LogP contribution in [0.15, 0.2) is 72.9 Å². The Hall–Kier alpha value is -2.66. The summed E-state index contributed by atoms with van der Waals surface area (Å²) in [5, 5.41) is 9.63. The van der Waals surface area contributed by atoms with Gasteiger partial charge in [-0.05, 0) is 83.5 Å². The van der Waals surface area contributed by atoms with Crippen molar-refractivity contribution in [2.24, 2.45) is 0 Å². The second-order valence-corrected chi connectivity index (χ2v) is 19.0. The molecule has 0 bridgehead atoms. The van der Waals surface area contributed by atoms with Crippen LogP contribution < -0.4 is 0 Å². The Balaban J connectivity index is 3.42. The van der Waals surface area contributed by atoms with Gasteiger partial charge in [-0.1, -0.05) is 260 Å². The van der Waals surface area contributed by atoms with Gasteiger partial charge in [-0.2, -0.15) is 0 Å². The van der Waals surface area contributed by atoms with Crippen molar-refractivity contribution in [2.45, 2.75) is 290 Å². The van der Waals surface area contributed by atoms with Gasteiger partial charge >= 0.3 is 11.9 Å². The summed E-state index contributed by atoms with van der Waals surface area (Å²) in [5.41, 5.74) is 0. The largest absolute Gasteiger partial charge is 0.462 e. The number of rotatable bonds is 52. The first-order chi connectivity index (χ1) is 32.6. The van der Waals surface area contributed by atoms with E-state index in [-0.39, 0.29) is 25.2 Å². The van der Waals surface area contributed by atoms with E-state index in [1.807, 2.05) is 0 Å². The quantitative estimate of drug-likeness (QED) is 0.0374. The highest BCUT2D eigenvalue weighted by Gasteiger charge is 2.16. The highest BCUT2D eigenvalue weighted by atomic mass is 16.6. The molecule has 1 unspecified atom stereocenters. The minimum atomic E-state index is -0.780. The zero-order valence-electron chi connectivity index (χ0n) is 43.7. The number of hydrogen-bond donors (Lipinski definition) is 1. The monoisotopic (exact) mass is 921 g/mol. The van der Waals surface area contributed by atoms with Crippen molar-refractivity contribution < 1.29 is 24.2 Å². The van der Waals surface area contributed by atoms with Crippen LogP contribution in [0, 0.1) is 0 Å². The lowest BCUT2D eigenvalue weighted by atomic mass is 10.0. The van der Waals surface area contributed by atoms with E-state index < -0.39 is 6.10 Å². The molecule has 0 aromatic carbocycles. The number of ether oxygens (including phenoxy) is 2. The topological polar surface area (TPSA) is 72.8 Å². The number of aliphatic hydroxyl groups excluding tert-OH is 1. The zero-order chi connectivity index (χ0) is 47.7. The van der Waals surface area contributed by atoms with Crippen molar-refractivity contribution in [3.63, 3.8) is 0 Å². The molecule has 0 aliphatic heterocycles. The number of aliphatic hydroxyl groups is 1. The average Bonchev–Trinajstić information content (AvgIpc) is 3.32. The first-order valence-electron chi connectivity index (χ1n) is 28.5. The number of allylic oxidation sites excluding steroid dienone is 12. The van der Waals surface area contributed by atoms with Gasteiger partial charge in [0.25, 0.3) is 0 Å². The van der Waals surface area contributed by atoms with Crippen molar-refractivity contribution in [3.05, 3.63) is 72.9 Å². The van der Waals surface area contributed by atoms with Crippen LogP contribution >= 0.6 is 0 Å². The zero-order valence-corrected chi connectivity index (χ0v) is 43.7. The molecule has 5 heteroatoms. The van der Waals surface area contributed by atoms with Gasteiger partial charge < -0.3 is 14.6 Å². The van der Waals surface area contributed by atoms with Crippen LogP contribution in [0.25, 0.3) is 0 Å². The second-order valence-electron chi connectivity index (χ2n) is 19.0. The molecule has 0 fully saturated rings. The van der Waals surface area contributed by atoms with Crippen LogP contribution in [0.3, 0.4) is 0 Å². The standard InChI is InChI=1S/C61H108O5/c1-3-5-7-9-11-13-15-17-19-20-21-22-23-24-25-26-27-28-29-30-31-32-33-34-35-36-37-38-39-40-42-44-46-48-50-52-54-56-61(64)66-59(57-62)58-65-60(63)55-53-51-49-47-45-43-41-18-16-14-12-10-8-6-4-2/h6,8,12,14-15,17-18,20-21,23-24,41,59,62H,3-5,7,9-11,13,16,19,22,25-40,42-58H2,1-2H3/b8-6-,14-12-,17-15-,21-20-,24-23-,41-18-. The lowest BCUT2D eigenvalue weighted by Crippen LogP contribution is -2.28. The maximum Gasteiger partial charge on any atom is 0.306 e. The Morgan fingerprint density at radius 3 is 0.985 bits per heavy atom. The van der Waals surface area contributed by atoms with Gasteiger partial charge in [-0.25, -0.2) is 0 Å². The molecule has 0 heterocycles. The summed E-state index contributed by atoms with van der Waals surface area (Å²) >= 11 is 0. The van der Waals surface area contributed by atoms with Crippen molar-refractivity contribution in [2.75, 3.05) is 13.2 Å². The lowest BCUT2D eigenvalue weighted by molar-refractivity contribution is -0.161. The molecule has 0 radical (unpaired) electrons. The van der Waals surface area contributed by atoms with Gasteiger partial charge in [0, 0.05) is 12.8 Å². The molecule has 0 spiro atoms. The predicted octanol–water partition coefficient (Wildman–Crippen LogP) is 19.2. The van der Waals surface area contributed by atoms with Crippen LogP contribution in [-0.2, 0) is 19.1 Å². The van der Waals surface area contributed by atoms with Gasteiger partial charge in [0.2, 0.25) is 0 Å². The fourth-order valence-electron chi connectivity index (χ4n) is 8.23. The fraction of sp³-hybridized carbons (Fsp3) is 0.770.